The smallest absolute Gasteiger partial charge is 0.326 e. The summed E-state index contributed by atoms with van der Waals surface area (Å²) in [5.41, 5.74) is 1.89. The zero-order chi connectivity index (χ0) is 18.4. The second-order valence-corrected chi connectivity index (χ2v) is 5.74. The number of likely N-dealkylation sites (N-methyl/N-ethyl adjacent to an activating group) is 1. The first-order valence-corrected chi connectivity index (χ1v) is 7.89. The van der Waals surface area contributed by atoms with Gasteiger partial charge in [0, 0.05) is 23.5 Å². The van der Waals surface area contributed by atoms with Crippen LogP contribution in [0.25, 0.3) is 10.9 Å². The number of H-pyrrole nitrogens is 1. The molecule has 0 fully saturated rings. The SMILES string of the molecule is CN[C@@H](Cc1c[nH]c2ccccc12)C(=O)N[C@@H](CCC(=O)O)C(=O)O. The minimum absolute atomic E-state index is 0.167. The molecule has 134 valence electrons. The fourth-order valence-electron chi connectivity index (χ4n) is 2.64. The summed E-state index contributed by atoms with van der Waals surface area (Å²) in [5, 5.41) is 24.1. The van der Waals surface area contributed by atoms with Gasteiger partial charge in [-0.3, -0.25) is 9.59 Å². The molecule has 0 bridgehead atoms. The predicted molar refractivity (Wildman–Crippen MR) is 91.3 cm³/mol. The highest BCUT2D eigenvalue weighted by atomic mass is 16.4. The van der Waals surface area contributed by atoms with Gasteiger partial charge in [-0.15, -0.1) is 0 Å². The molecule has 0 saturated heterocycles. The number of fused-ring (bicyclic) bond motifs is 1. The van der Waals surface area contributed by atoms with Crippen LogP contribution in [-0.2, 0) is 20.8 Å². The quantitative estimate of drug-likeness (QED) is 0.454. The lowest BCUT2D eigenvalue weighted by atomic mass is 10.0. The van der Waals surface area contributed by atoms with Gasteiger partial charge in [0.25, 0.3) is 0 Å². The summed E-state index contributed by atoms with van der Waals surface area (Å²) in [6.07, 6.45) is 1.70. The Bertz CT molecular complexity index is 770. The molecule has 0 aliphatic heterocycles. The van der Waals surface area contributed by atoms with Crippen molar-refractivity contribution in [1.29, 1.82) is 0 Å². The Kier molecular flexibility index (Phi) is 6.13. The van der Waals surface area contributed by atoms with Crippen LogP contribution in [0, 0.1) is 0 Å². The van der Waals surface area contributed by atoms with Crippen molar-refractivity contribution < 1.29 is 24.6 Å². The third-order valence-electron chi connectivity index (χ3n) is 4.03. The van der Waals surface area contributed by atoms with Crippen LogP contribution in [0.1, 0.15) is 18.4 Å². The Morgan fingerprint density at radius 1 is 1.16 bits per heavy atom. The molecule has 0 aliphatic rings. The number of aliphatic carboxylic acids is 2. The molecule has 1 aromatic heterocycles. The Hall–Kier alpha value is -2.87. The average Bonchev–Trinajstić information content (AvgIpc) is 2.98. The van der Waals surface area contributed by atoms with Crippen molar-refractivity contribution in [3.05, 3.63) is 36.0 Å². The van der Waals surface area contributed by atoms with Crippen molar-refractivity contribution >= 4 is 28.7 Å². The van der Waals surface area contributed by atoms with Crippen molar-refractivity contribution in [3.63, 3.8) is 0 Å². The van der Waals surface area contributed by atoms with Crippen LogP contribution < -0.4 is 10.6 Å². The second-order valence-electron chi connectivity index (χ2n) is 5.74. The van der Waals surface area contributed by atoms with Crippen molar-refractivity contribution in [2.24, 2.45) is 0 Å². The van der Waals surface area contributed by atoms with Gasteiger partial charge < -0.3 is 25.8 Å². The van der Waals surface area contributed by atoms with E-state index in [-0.39, 0.29) is 12.8 Å². The molecule has 0 saturated carbocycles. The van der Waals surface area contributed by atoms with Gasteiger partial charge in [0.05, 0.1) is 6.04 Å². The van der Waals surface area contributed by atoms with E-state index >= 15 is 0 Å². The largest absolute Gasteiger partial charge is 0.481 e. The van der Waals surface area contributed by atoms with E-state index in [1.54, 1.807) is 7.05 Å². The van der Waals surface area contributed by atoms with Crippen LogP contribution in [0.3, 0.4) is 0 Å². The topological polar surface area (TPSA) is 132 Å². The molecule has 0 radical (unpaired) electrons. The molecular weight excluding hydrogens is 326 g/mol. The number of nitrogens with one attached hydrogen (secondary N) is 3. The van der Waals surface area contributed by atoms with Crippen LogP contribution >= 0.6 is 0 Å². The number of amides is 1. The summed E-state index contributed by atoms with van der Waals surface area (Å²) in [7, 11) is 1.62. The lowest BCUT2D eigenvalue weighted by Gasteiger charge is -2.19. The lowest BCUT2D eigenvalue weighted by molar-refractivity contribution is -0.143. The highest BCUT2D eigenvalue weighted by Gasteiger charge is 2.25. The zero-order valence-corrected chi connectivity index (χ0v) is 13.8. The first kappa shape index (κ1) is 18.5. The van der Waals surface area contributed by atoms with Crippen LogP contribution in [-0.4, -0.2) is 52.2 Å². The molecule has 5 N–H and O–H groups in total. The first-order valence-electron chi connectivity index (χ1n) is 7.89. The molecule has 8 heteroatoms. The van der Waals surface area contributed by atoms with Crippen molar-refractivity contribution in [3.8, 4) is 0 Å². The second kappa shape index (κ2) is 8.29. The summed E-state index contributed by atoms with van der Waals surface area (Å²) >= 11 is 0. The fraction of sp³-hybridized carbons (Fsp3) is 0.353. The number of rotatable bonds is 9. The summed E-state index contributed by atoms with van der Waals surface area (Å²) < 4.78 is 0. The molecule has 1 heterocycles. The number of hydrogen-bond donors (Lipinski definition) is 5. The number of para-hydroxylation sites is 1. The number of carboxylic acids is 2. The Morgan fingerprint density at radius 3 is 2.52 bits per heavy atom. The molecular formula is C17H21N3O5. The molecule has 25 heavy (non-hydrogen) atoms. The van der Waals surface area contributed by atoms with Gasteiger partial charge in [-0.2, -0.15) is 0 Å². The van der Waals surface area contributed by atoms with E-state index in [0.29, 0.717) is 6.42 Å². The van der Waals surface area contributed by atoms with Crippen molar-refractivity contribution in [2.75, 3.05) is 7.05 Å². The Balaban J connectivity index is 2.06. The molecule has 0 unspecified atom stereocenters. The van der Waals surface area contributed by atoms with Gasteiger partial charge in [-0.1, -0.05) is 18.2 Å². The van der Waals surface area contributed by atoms with Crippen LogP contribution in [0.5, 0.6) is 0 Å². The minimum Gasteiger partial charge on any atom is -0.481 e. The van der Waals surface area contributed by atoms with Crippen LogP contribution in [0.2, 0.25) is 0 Å². The summed E-state index contributed by atoms with van der Waals surface area (Å²) in [4.78, 5) is 37.4. The standard InChI is InChI=1S/C17H21N3O5/c1-18-14(8-10-9-19-12-5-3-2-4-11(10)12)16(23)20-13(17(24)25)6-7-15(21)22/h2-5,9,13-14,18-19H,6-8H2,1H3,(H,20,23)(H,21,22)(H,24,25)/t13-,14-/m0/s1. The Morgan fingerprint density at radius 2 is 1.88 bits per heavy atom. The van der Waals surface area contributed by atoms with Gasteiger partial charge >= 0.3 is 11.9 Å². The molecule has 2 rings (SSSR count). The van der Waals surface area contributed by atoms with Crippen LogP contribution in [0.15, 0.2) is 30.5 Å². The highest BCUT2D eigenvalue weighted by molar-refractivity contribution is 5.89. The predicted octanol–water partition coefficient (Wildman–Crippen LogP) is 0.733. The van der Waals surface area contributed by atoms with E-state index in [9.17, 15) is 14.4 Å². The first-order chi connectivity index (χ1) is 11.9. The van der Waals surface area contributed by atoms with Crippen molar-refractivity contribution in [1.82, 2.24) is 15.6 Å². The van der Waals surface area contributed by atoms with E-state index in [2.05, 4.69) is 15.6 Å². The maximum absolute atomic E-state index is 12.4. The number of carbonyl (C=O) groups excluding carboxylic acids is 1. The molecule has 0 spiro atoms. The van der Waals surface area contributed by atoms with E-state index < -0.39 is 29.9 Å². The summed E-state index contributed by atoms with van der Waals surface area (Å²) in [6, 6.07) is 5.82. The van der Waals surface area contributed by atoms with Gasteiger partial charge in [0.2, 0.25) is 5.91 Å². The van der Waals surface area contributed by atoms with Gasteiger partial charge in [0.1, 0.15) is 6.04 Å². The molecule has 1 aromatic carbocycles. The number of aromatic nitrogens is 1. The molecule has 1 amide bonds. The summed E-state index contributed by atoms with van der Waals surface area (Å²) in [6.45, 7) is 0. The van der Waals surface area contributed by atoms with E-state index in [0.717, 1.165) is 16.5 Å². The highest BCUT2D eigenvalue weighted by Crippen LogP contribution is 2.19. The van der Waals surface area contributed by atoms with Gasteiger partial charge in [-0.05, 0) is 31.5 Å². The molecule has 2 atom stereocenters. The average molecular weight is 347 g/mol. The minimum atomic E-state index is -1.25. The number of hydrogen-bond acceptors (Lipinski definition) is 4. The third kappa shape index (κ3) is 4.80. The Labute approximate surface area is 144 Å². The number of carbonyl (C=O) groups is 3. The van der Waals surface area contributed by atoms with E-state index in [4.69, 9.17) is 10.2 Å². The number of benzene rings is 1. The van der Waals surface area contributed by atoms with Gasteiger partial charge in [-0.25, -0.2) is 4.79 Å². The normalized spacial score (nSPS) is 13.3. The number of carboxylic acid groups (broad SMARTS) is 2. The molecule has 8 nitrogen and oxygen atoms in total. The monoisotopic (exact) mass is 347 g/mol. The molecule has 2 aromatic rings. The number of aromatic amines is 1. The van der Waals surface area contributed by atoms with Gasteiger partial charge in [0.15, 0.2) is 0 Å². The zero-order valence-electron chi connectivity index (χ0n) is 13.8. The molecule has 0 aliphatic carbocycles. The maximum atomic E-state index is 12.4. The van der Waals surface area contributed by atoms with Crippen LogP contribution in [0.4, 0.5) is 0 Å². The summed E-state index contributed by atoms with van der Waals surface area (Å²) in [5.74, 6) is -2.84. The van der Waals surface area contributed by atoms with E-state index in [1.807, 2.05) is 30.5 Å². The maximum Gasteiger partial charge on any atom is 0.326 e. The lowest BCUT2D eigenvalue weighted by Crippen LogP contribution is -2.50. The van der Waals surface area contributed by atoms with Crippen molar-refractivity contribution in [2.45, 2.75) is 31.3 Å². The fourth-order valence-corrected chi connectivity index (χ4v) is 2.64. The third-order valence-corrected chi connectivity index (χ3v) is 4.03. The van der Waals surface area contributed by atoms with E-state index in [1.165, 1.54) is 0 Å².